The predicted octanol–water partition coefficient (Wildman–Crippen LogP) is 3.98. The molecular weight excluding hydrogens is 492 g/mol. The van der Waals surface area contributed by atoms with Gasteiger partial charge in [0.15, 0.2) is 5.82 Å². The zero-order chi connectivity index (χ0) is 26.8. The van der Waals surface area contributed by atoms with Crippen molar-refractivity contribution in [2.45, 2.75) is 26.0 Å². The van der Waals surface area contributed by atoms with Gasteiger partial charge in [0.25, 0.3) is 0 Å². The summed E-state index contributed by atoms with van der Waals surface area (Å²) in [5, 5.41) is 7.67. The normalized spacial score (nSPS) is 18.3. The highest BCUT2D eigenvalue weighted by atomic mass is 16.5. The quantitative estimate of drug-likeness (QED) is 0.425. The van der Waals surface area contributed by atoms with E-state index in [9.17, 15) is 0 Å². The van der Waals surface area contributed by atoms with Gasteiger partial charge in [-0.15, -0.1) is 0 Å². The first-order valence-electron chi connectivity index (χ1n) is 13.4. The first kappa shape index (κ1) is 25.3. The van der Waals surface area contributed by atoms with Crippen LogP contribution in [0.15, 0.2) is 55.0 Å². The number of rotatable bonds is 3. The maximum absolute atomic E-state index is 6.51. The van der Waals surface area contributed by atoms with Crippen LogP contribution in [-0.4, -0.2) is 80.5 Å². The van der Waals surface area contributed by atoms with Crippen molar-refractivity contribution in [2.24, 2.45) is 7.05 Å². The lowest BCUT2D eigenvalue weighted by Gasteiger charge is -2.32. The number of hydrogen-bond acceptors (Lipinski definition) is 9. The van der Waals surface area contributed by atoms with Gasteiger partial charge in [-0.2, -0.15) is 5.10 Å². The van der Waals surface area contributed by atoms with Gasteiger partial charge in [0.05, 0.1) is 18.9 Å². The number of aryl methyl sites for hydroxylation is 1. The van der Waals surface area contributed by atoms with Gasteiger partial charge in [0, 0.05) is 70.2 Å². The molecule has 2 aliphatic heterocycles. The Morgan fingerprint density at radius 2 is 1.85 bits per heavy atom. The second-order valence-electron chi connectivity index (χ2n) is 10.3. The third kappa shape index (κ3) is 5.71. The van der Waals surface area contributed by atoms with Crippen LogP contribution in [0.3, 0.4) is 0 Å². The van der Waals surface area contributed by atoms with Crippen LogP contribution in [0.4, 0.5) is 11.6 Å². The van der Waals surface area contributed by atoms with E-state index < -0.39 is 0 Å². The molecular formula is C29H34N8O2. The fourth-order valence-corrected chi connectivity index (χ4v) is 4.96. The van der Waals surface area contributed by atoms with E-state index >= 15 is 0 Å². The van der Waals surface area contributed by atoms with Gasteiger partial charge in [-0.1, -0.05) is 18.2 Å². The average molecular weight is 527 g/mol. The standard InChI is InChI=1S/C29H34N8O2/c1-20-8-14-38-29-24(18-32-36(29)3)28-30-9-7-26(34-28)33-27-16-25(39-20)23(17-31-27)22-6-4-5-21(15-22)19-37-12-10-35(2)11-13-37/h4-7,9,15-18,20H,8,10-14,19H2,1-3H3,(H,30,31,33,34)/t20-/m0/s1. The van der Waals surface area contributed by atoms with Crippen LogP contribution < -0.4 is 14.8 Å². The number of nitrogens with one attached hydrogen (secondary N) is 1. The molecule has 1 aromatic carbocycles. The highest BCUT2D eigenvalue weighted by Crippen LogP contribution is 2.34. The highest BCUT2D eigenvalue weighted by Gasteiger charge is 2.19. The van der Waals surface area contributed by atoms with Gasteiger partial charge < -0.3 is 19.7 Å². The number of likely N-dealkylation sites (N-methyl/N-ethyl adjacent to an activating group) is 1. The number of nitrogens with zero attached hydrogens (tertiary/aromatic N) is 7. The molecule has 1 N–H and O–H groups in total. The maximum Gasteiger partial charge on any atom is 0.222 e. The molecule has 1 fully saturated rings. The molecule has 0 unspecified atom stereocenters. The first-order valence-corrected chi connectivity index (χ1v) is 13.4. The van der Waals surface area contributed by atoms with Gasteiger partial charge in [0.2, 0.25) is 5.88 Å². The molecule has 4 bridgehead atoms. The Hall–Kier alpha value is -4.02. The molecule has 5 heterocycles. The van der Waals surface area contributed by atoms with Gasteiger partial charge in [-0.05, 0) is 37.2 Å². The minimum Gasteiger partial charge on any atom is -0.490 e. The molecule has 1 saturated heterocycles. The van der Waals surface area contributed by atoms with Crippen LogP contribution in [0.2, 0.25) is 0 Å². The highest BCUT2D eigenvalue weighted by molar-refractivity contribution is 5.73. The lowest BCUT2D eigenvalue weighted by molar-refractivity contribution is 0.148. The van der Waals surface area contributed by atoms with E-state index in [-0.39, 0.29) is 6.10 Å². The van der Waals surface area contributed by atoms with E-state index in [1.165, 1.54) is 5.56 Å². The van der Waals surface area contributed by atoms with Crippen LogP contribution >= 0.6 is 0 Å². The molecule has 0 spiro atoms. The van der Waals surface area contributed by atoms with Crippen molar-refractivity contribution in [3.63, 3.8) is 0 Å². The smallest absolute Gasteiger partial charge is 0.222 e. The van der Waals surface area contributed by atoms with E-state index in [0.29, 0.717) is 36.4 Å². The molecule has 1 atom stereocenters. The minimum absolute atomic E-state index is 0.0822. The van der Waals surface area contributed by atoms with E-state index in [1.807, 2.05) is 25.4 Å². The number of benzene rings is 1. The monoisotopic (exact) mass is 526 g/mol. The number of ether oxygens (including phenoxy) is 2. The summed E-state index contributed by atoms with van der Waals surface area (Å²) in [6.45, 7) is 7.85. The zero-order valence-electron chi connectivity index (χ0n) is 22.7. The number of aromatic nitrogens is 5. The third-order valence-corrected chi connectivity index (χ3v) is 7.23. The molecule has 202 valence electrons. The molecule has 2 aliphatic rings. The Labute approximate surface area is 228 Å². The lowest BCUT2D eigenvalue weighted by atomic mass is 10.0. The number of hydrogen-bond donors (Lipinski definition) is 1. The number of anilines is 2. The summed E-state index contributed by atoms with van der Waals surface area (Å²) >= 11 is 0. The van der Waals surface area contributed by atoms with E-state index in [2.05, 4.69) is 63.4 Å². The number of piperazine rings is 1. The molecule has 3 aromatic heterocycles. The van der Waals surface area contributed by atoms with Crippen LogP contribution in [0.25, 0.3) is 22.5 Å². The fourth-order valence-electron chi connectivity index (χ4n) is 4.96. The van der Waals surface area contributed by atoms with Gasteiger partial charge in [-0.25, -0.2) is 19.6 Å². The van der Waals surface area contributed by atoms with Crippen LogP contribution in [0, 0.1) is 0 Å². The Kier molecular flexibility index (Phi) is 7.12. The summed E-state index contributed by atoms with van der Waals surface area (Å²) in [4.78, 5) is 18.8. The lowest BCUT2D eigenvalue weighted by Crippen LogP contribution is -2.43. The largest absolute Gasteiger partial charge is 0.490 e. The van der Waals surface area contributed by atoms with Gasteiger partial charge >= 0.3 is 0 Å². The van der Waals surface area contributed by atoms with Crippen molar-refractivity contribution in [3.8, 4) is 34.1 Å². The summed E-state index contributed by atoms with van der Waals surface area (Å²) in [6.07, 6.45) is 5.93. The van der Waals surface area contributed by atoms with Crippen molar-refractivity contribution < 1.29 is 9.47 Å². The first-order chi connectivity index (χ1) is 19.0. The third-order valence-electron chi connectivity index (χ3n) is 7.23. The molecule has 39 heavy (non-hydrogen) atoms. The van der Waals surface area contributed by atoms with Gasteiger partial charge in [-0.3, -0.25) is 4.90 Å². The van der Waals surface area contributed by atoms with Crippen molar-refractivity contribution in [1.82, 2.24) is 34.5 Å². The summed E-state index contributed by atoms with van der Waals surface area (Å²) in [5.41, 5.74) is 4.07. The predicted molar refractivity (Wildman–Crippen MR) is 150 cm³/mol. The minimum atomic E-state index is -0.0822. The second-order valence-corrected chi connectivity index (χ2v) is 10.3. The van der Waals surface area contributed by atoms with E-state index in [1.54, 1.807) is 17.1 Å². The SMILES string of the molecule is C[C@H]1CCOc2c(cnn2C)-c2nccc(n2)Nc2cc(c(-c3cccc(CN4CCN(C)CC4)c3)cn2)O1. The van der Waals surface area contributed by atoms with Crippen molar-refractivity contribution in [2.75, 3.05) is 45.2 Å². The van der Waals surface area contributed by atoms with E-state index in [4.69, 9.17) is 19.4 Å². The van der Waals surface area contributed by atoms with E-state index in [0.717, 1.165) is 55.2 Å². The van der Waals surface area contributed by atoms with Crippen molar-refractivity contribution >= 4 is 11.6 Å². The Morgan fingerprint density at radius 1 is 0.974 bits per heavy atom. The fraction of sp³-hybridized carbons (Fsp3) is 0.379. The van der Waals surface area contributed by atoms with Crippen molar-refractivity contribution in [3.05, 3.63) is 60.6 Å². The van der Waals surface area contributed by atoms with Crippen LogP contribution in [0.1, 0.15) is 18.9 Å². The zero-order valence-corrected chi connectivity index (χ0v) is 22.7. The molecule has 0 amide bonds. The summed E-state index contributed by atoms with van der Waals surface area (Å²) in [5.74, 6) is 3.22. The average Bonchev–Trinajstić information content (AvgIpc) is 3.30. The molecule has 6 rings (SSSR count). The molecule has 0 aliphatic carbocycles. The molecule has 0 radical (unpaired) electrons. The Balaban J connectivity index is 1.31. The molecule has 10 nitrogen and oxygen atoms in total. The summed E-state index contributed by atoms with van der Waals surface area (Å²) in [7, 11) is 4.03. The number of fused-ring (bicyclic) bond motifs is 6. The van der Waals surface area contributed by atoms with Crippen LogP contribution in [0.5, 0.6) is 11.6 Å². The summed E-state index contributed by atoms with van der Waals surface area (Å²) < 4.78 is 14.3. The molecule has 4 aromatic rings. The topological polar surface area (TPSA) is 93.5 Å². The number of pyridine rings is 1. The van der Waals surface area contributed by atoms with Gasteiger partial charge in [0.1, 0.15) is 22.9 Å². The Bertz CT molecular complexity index is 1450. The summed E-state index contributed by atoms with van der Waals surface area (Å²) in [6, 6.07) is 12.5. The Morgan fingerprint density at radius 3 is 2.72 bits per heavy atom. The maximum atomic E-state index is 6.51. The van der Waals surface area contributed by atoms with Crippen molar-refractivity contribution in [1.29, 1.82) is 0 Å². The second kappa shape index (κ2) is 11.0. The van der Waals surface area contributed by atoms with Crippen LogP contribution in [-0.2, 0) is 13.6 Å². The molecule has 0 saturated carbocycles. The molecule has 10 heteroatoms.